The van der Waals surface area contributed by atoms with Crippen molar-refractivity contribution >= 4 is 11.9 Å². The van der Waals surface area contributed by atoms with Crippen LogP contribution in [0.4, 0.5) is 0 Å². The lowest BCUT2D eigenvalue weighted by molar-refractivity contribution is -0.138. The average Bonchev–Trinajstić information content (AvgIpc) is 2.58. The van der Waals surface area contributed by atoms with Gasteiger partial charge >= 0.3 is 5.97 Å². The largest absolute Gasteiger partial charge is 0.480 e. The van der Waals surface area contributed by atoms with Gasteiger partial charge in [-0.15, -0.1) is 0 Å². The lowest BCUT2D eigenvalue weighted by atomic mass is 10.1. The fourth-order valence-electron chi connectivity index (χ4n) is 1.42. The molecule has 0 aliphatic heterocycles. The van der Waals surface area contributed by atoms with Crippen molar-refractivity contribution in [1.82, 2.24) is 14.7 Å². The van der Waals surface area contributed by atoms with Crippen molar-refractivity contribution in [3.8, 4) is 0 Å². The lowest BCUT2D eigenvalue weighted by Gasteiger charge is -2.33. The normalized spacial score (nSPS) is 11.3. The Morgan fingerprint density at radius 2 is 2.06 bits per heavy atom. The molecule has 94 valence electrons. The van der Waals surface area contributed by atoms with E-state index in [1.807, 2.05) is 0 Å². The molecule has 0 saturated carbocycles. The van der Waals surface area contributed by atoms with E-state index in [-0.39, 0.29) is 18.1 Å². The van der Waals surface area contributed by atoms with Gasteiger partial charge in [0.05, 0.1) is 0 Å². The first kappa shape index (κ1) is 13.2. The summed E-state index contributed by atoms with van der Waals surface area (Å²) in [5, 5.41) is 12.8. The van der Waals surface area contributed by atoms with Crippen molar-refractivity contribution in [2.75, 3.05) is 6.54 Å². The van der Waals surface area contributed by atoms with E-state index in [1.54, 1.807) is 40.1 Å². The number of carbonyl (C=O) groups is 2. The predicted molar refractivity (Wildman–Crippen MR) is 61.6 cm³/mol. The fraction of sp³-hybridized carbons (Fsp3) is 0.545. The summed E-state index contributed by atoms with van der Waals surface area (Å²) in [6.07, 6.45) is 1.65. The molecule has 1 rings (SSSR count). The van der Waals surface area contributed by atoms with Gasteiger partial charge < -0.3 is 10.0 Å². The second-order valence-electron chi connectivity index (χ2n) is 4.83. The van der Waals surface area contributed by atoms with Gasteiger partial charge in [-0.1, -0.05) is 0 Å². The van der Waals surface area contributed by atoms with Crippen LogP contribution in [0.15, 0.2) is 12.3 Å². The zero-order valence-electron chi connectivity index (χ0n) is 10.5. The van der Waals surface area contributed by atoms with E-state index in [0.717, 1.165) is 0 Å². The summed E-state index contributed by atoms with van der Waals surface area (Å²) in [6.45, 7) is 5.03. The Labute approximate surface area is 99.8 Å². The average molecular weight is 239 g/mol. The van der Waals surface area contributed by atoms with Gasteiger partial charge in [-0.2, -0.15) is 5.10 Å². The van der Waals surface area contributed by atoms with E-state index in [1.165, 1.54) is 9.58 Å². The zero-order chi connectivity index (χ0) is 13.2. The number of amides is 1. The van der Waals surface area contributed by atoms with E-state index in [2.05, 4.69) is 5.10 Å². The van der Waals surface area contributed by atoms with Gasteiger partial charge in [0, 0.05) is 18.8 Å². The minimum atomic E-state index is -1.04. The van der Waals surface area contributed by atoms with E-state index in [9.17, 15) is 9.59 Å². The van der Waals surface area contributed by atoms with Crippen LogP contribution in [0, 0.1) is 0 Å². The van der Waals surface area contributed by atoms with Crippen molar-refractivity contribution in [2.24, 2.45) is 7.05 Å². The quantitative estimate of drug-likeness (QED) is 0.844. The first-order chi connectivity index (χ1) is 7.71. The van der Waals surface area contributed by atoms with Gasteiger partial charge in [-0.3, -0.25) is 14.3 Å². The minimum absolute atomic E-state index is 0.253. The van der Waals surface area contributed by atoms with Crippen molar-refractivity contribution < 1.29 is 14.7 Å². The molecule has 1 amide bonds. The number of aryl methyl sites for hydroxylation is 1. The van der Waals surface area contributed by atoms with Gasteiger partial charge in [-0.05, 0) is 26.8 Å². The first-order valence-electron chi connectivity index (χ1n) is 5.25. The van der Waals surface area contributed by atoms with E-state index in [4.69, 9.17) is 5.11 Å². The monoisotopic (exact) mass is 239 g/mol. The third-order valence-electron chi connectivity index (χ3n) is 2.28. The molecule has 1 N–H and O–H groups in total. The van der Waals surface area contributed by atoms with Gasteiger partial charge in [-0.25, -0.2) is 0 Å². The van der Waals surface area contributed by atoms with Crippen LogP contribution in [-0.2, 0) is 11.8 Å². The molecule has 17 heavy (non-hydrogen) atoms. The summed E-state index contributed by atoms with van der Waals surface area (Å²) < 4.78 is 1.51. The molecule has 0 radical (unpaired) electrons. The standard InChI is InChI=1S/C11H17N3O3/c1-11(2,3)14(7-9(15)16)10(17)8-5-6-13(4)12-8/h5-6H,7H2,1-4H3,(H,15,16). The Kier molecular flexibility index (Phi) is 3.55. The molecular formula is C11H17N3O3. The maximum atomic E-state index is 12.1. The number of rotatable bonds is 3. The molecule has 0 aliphatic carbocycles. The van der Waals surface area contributed by atoms with Crippen molar-refractivity contribution in [3.63, 3.8) is 0 Å². The van der Waals surface area contributed by atoms with Gasteiger partial charge in [0.2, 0.25) is 0 Å². The Morgan fingerprint density at radius 3 is 2.41 bits per heavy atom. The van der Waals surface area contributed by atoms with E-state index in [0.29, 0.717) is 0 Å². The highest BCUT2D eigenvalue weighted by Crippen LogP contribution is 2.16. The van der Waals surface area contributed by atoms with Crippen LogP contribution < -0.4 is 0 Å². The molecule has 0 bridgehead atoms. The lowest BCUT2D eigenvalue weighted by Crippen LogP contribution is -2.48. The summed E-state index contributed by atoms with van der Waals surface area (Å²) in [4.78, 5) is 24.2. The van der Waals surface area contributed by atoms with Gasteiger partial charge in [0.15, 0.2) is 0 Å². The Bertz CT molecular complexity index is 431. The molecule has 0 saturated heterocycles. The summed E-state index contributed by atoms with van der Waals surface area (Å²) >= 11 is 0. The van der Waals surface area contributed by atoms with E-state index < -0.39 is 11.5 Å². The molecule has 0 atom stereocenters. The molecule has 1 aromatic rings. The topological polar surface area (TPSA) is 75.4 Å². The number of carbonyl (C=O) groups excluding carboxylic acids is 1. The number of aromatic nitrogens is 2. The zero-order valence-corrected chi connectivity index (χ0v) is 10.5. The Hall–Kier alpha value is -1.85. The molecule has 1 heterocycles. The van der Waals surface area contributed by atoms with Gasteiger partial charge in [0.1, 0.15) is 12.2 Å². The third kappa shape index (κ3) is 3.30. The summed E-state index contributed by atoms with van der Waals surface area (Å²) in [7, 11) is 1.70. The second kappa shape index (κ2) is 4.57. The highest BCUT2D eigenvalue weighted by molar-refractivity contribution is 5.94. The fourth-order valence-corrected chi connectivity index (χ4v) is 1.42. The maximum Gasteiger partial charge on any atom is 0.323 e. The first-order valence-corrected chi connectivity index (χ1v) is 5.25. The molecule has 1 aromatic heterocycles. The van der Waals surface area contributed by atoms with Gasteiger partial charge in [0.25, 0.3) is 5.91 Å². The van der Waals surface area contributed by atoms with Crippen molar-refractivity contribution in [1.29, 1.82) is 0 Å². The summed E-state index contributed by atoms with van der Waals surface area (Å²) in [6, 6.07) is 1.57. The molecule has 0 unspecified atom stereocenters. The molecule has 0 fully saturated rings. The number of aliphatic carboxylic acids is 1. The SMILES string of the molecule is Cn1ccc(C(=O)N(CC(=O)O)C(C)(C)C)n1. The number of carboxylic acid groups (broad SMARTS) is 1. The van der Waals surface area contributed by atoms with Crippen LogP contribution in [0.2, 0.25) is 0 Å². The van der Waals surface area contributed by atoms with Crippen LogP contribution >= 0.6 is 0 Å². The highest BCUT2D eigenvalue weighted by Gasteiger charge is 2.30. The predicted octanol–water partition coefficient (Wildman–Crippen LogP) is 0.745. The summed E-state index contributed by atoms with van der Waals surface area (Å²) in [5.74, 6) is -1.41. The molecule has 6 heteroatoms. The Morgan fingerprint density at radius 1 is 1.47 bits per heavy atom. The third-order valence-corrected chi connectivity index (χ3v) is 2.28. The molecular weight excluding hydrogens is 222 g/mol. The second-order valence-corrected chi connectivity index (χ2v) is 4.83. The Balaban J connectivity index is 2.99. The van der Waals surface area contributed by atoms with Crippen LogP contribution in [0.3, 0.4) is 0 Å². The molecule has 6 nitrogen and oxygen atoms in total. The molecule has 0 spiro atoms. The van der Waals surface area contributed by atoms with Crippen molar-refractivity contribution in [3.05, 3.63) is 18.0 Å². The minimum Gasteiger partial charge on any atom is -0.480 e. The number of hydrogen-bond donors (Lipinski definition) is 1. The maximum absolute atomic E-state index is 12.1. The molecule has 0 aliphatic rings. The van der Waals surface area contributed by atoms with Crippen LogP contribution in [-0.4, -0.2) is 43.7 Å². The summed E-state index contributed by atoms with van der Waals surface area (Å²) in [5.41, 5.74) is -0.309. The molecule has 0 aromatic carbocycles. The van der Waals surface area contributed by atoms with Crippen LogP contribution in [0.1, 0.15) is 31.3 Å². The smallest absolute Gasteiger partial charge is 0.323 e. The van der Waals surface area contributed by atoms with Crippen LogP contribution in [0.25, 0.3) is 0 Å². The van der Waals surface area contributed by atoms with E-state index >= 15 is 0 Å². The van der Waals surface area contributed by atoms with Crippen molar-refractivity contribution in [2.45, 2.75) is 26.3 Å². The number of carboxylic acids is 1. The number of nitrogens with zero attached hydrogens (tertiary/aromatic N) is 3. The highest BCUT2D eigenvalue weighted by atomic mass is 16.4. The number of hydrogen-bond acceptors (Lipinski definition) is 3. The van der Waals surface area contributed by atoms with Crippen LogP contribution in [0.5, 0.6) is 0 Å².